The van der Waals surface area contributed by atoms with Gasteiger partial charge in [0.1, 0.15) is 17.9 Å². The van der Waals surface area contributed by atoms with Crippen LogP contribution in [0.2, 0.25) is 0 Å². The molecule has 0 spiro atoms. The van der Waals surface area contributed by atoms with Crippen molar-refractivity contribution in [2.45, 2.75) is 58.9 Å². The van der Waals surface area contributed by atoms with E-state index in [9.17, 15) is 9.59 Å². The third-order valence-corrected chi connectivity index (χ3v) is 7.11. The number of hydrogen-bond acceptors (Lipinski definition) is 5. The highest BCUT2D eigenvalue weighted by Gasteiger charge is 2.17. The third-order valence-electron chi connectivity index (χ3n) is 5.90. The number of rotatable bonds is 7. The average Bonchev–Trinajstić information content (AvgIpc) is 3.18. The highest BCUT2D eigenvalue weighted by atomic mass is 32.1. The van der Waals surface area contributed by atoms with Crippen molar-refractivity contribution in [1.29, 1.82) is 0 Å². The van der Waals surface area contributed by atoms with E-state index in [1.165, 1.54) is 35.2 Å². The van der Waals surface area contributed by atoms with E-state index in [0.29, 0.717) is 18.5 Å². The second-order valence-corrected chi connectivity index (χ2v) is 9.19. The molecule has 0 aliphatic carbocycles. The van der Waals surface area contributed by atoms with E-state index in [4.69, 9.17) is 0 Å². The molecule has 4 rings (SSSR count). The van der Waals surface area contributed by atoms with Crippen molar-refractivity contribution < 1.29 is 4.79 Å². The number of nitrogens with zero attached hydrogens (tertiary/aromatic N) is 4. The average molecular weight is 430 g/mol. The second kappa shape index (κ2) is 9.31. The first kappa shape index (κ1) is 21.1. The van der Waals surface area contributed by atoms with Crippen LogP contribution in [0.1, 0.15) is 50.2 Å². The SMILES string of the molecule is CCc1cc2c(cc3c(=O)n(CC(=O)NCCN4CCCCCC4)nc(CC)n32)s1. The predicted molar refractivity (Wildman–Crippen MR) is 122 cm³/mol. The van der Waals surface area contributed by atoms with Crippen LogP contribution in [0.4, 0.5) is 0 Å². The summed E-state index contributed by atoms with van der Waals surface area (Å²) in [5, 5.41) is 7.49. The summed E-state index contributed by atoms with van der Waals surface area (Å²) >= 11 is 1.72. The molecule has 0 aromatic carbocycles. The number of hydrogen-bond donors (Lipinski definition) is 1. The van der Waals surface area contributed by atoms with E-state index in [1.807, 2.05) is 17.4 Å². The largest absolute Gasteiger partial charge is 0.353 e. The van der Waals surface area contributed by atoms with Gasteiger partial charge in [-0.25, -0.2) is 4.68 Å². The van der Waals surface area contributed by atoms with Crippen molar-refractivity contribution in [2.24, 2.45) is 0 Å². The maximum absolute atomic E-state index is 13.0. The fraction of sp³-hybridized carbons (Fsp3) is 0.591. The number of aryl methyl sites for hydroxylation is 2. The smallest absolute Gasteiger partial charge is 0.291 e. The van der Waals surface area contributed by atoms with Crippen LogP contribution in [0.3, 0.4) is 0 Å². The first-order valence-corrected chi connectivity index (χ1v) is 11.9. The minimum atomic E-state index is -0.212. The summed E-state index contributed by atoms with van der Waals surface area (Å²) in [6, 6.07) is 4.09. The summed E-state index contributed by atoms with van der Waals surface area (Å²) < 4.78 is 4.38. The Labute approximate surface area is 180 Å². The van der Waals surface area contributed by atoms with Crippen LogP contribution in [-0.2, 0) is 24.2 Å². The van der Waals surface area contributed by atoms with Crippen molar-refractivity contribution in [2.75, 3.05) is 26.2 Å². The molecule has 1 N–H and O–H groups in total. The van der Waals surface area contributed by atoms with Gasteiger partial charge >= 0.3 is 0 Å². The lowest BCUT2D eigenvalue weighted by atomic mass is 10.2. The van der Waals surface area contributed by atoms with Gasteiger partial charge in [0.05, 0.1) is 10.2 Å². The van der Waals surface area contributed by atoms with Crippen molar-refractivity contribution in [3.05, 3.63) is 33.2 Å². The lowest BCUT2D eigenvalue weighted by Gasteiger charge is -2.19. The summed E-state index contributed by atoms with van der Waals surface area (Å²) in [5.41, 5.74) is 1.43. The van der Waals surface area contributed by atoms with E-state index in [2.05, 4.69) is 28.3 Å². The van der Waals surface area contributed by atoms with Gasteiger partial charge in [-0.1, -0.05) is 26.7 Å². The fourth-order valence-electron chi connectivity index (χ4n) is 4.26. The minimum Gasteiger partial charge on any atom is -0.353 e. The summed E-state index contributed by atoms with van der Waals surface area (Å²) in [6.45, 7) is 7.81. The van der Waals surface area contributed by atoms with Gasteiger partial charge in [0.2, 0.25) is 5.91 Å². The molecule has 1 saturated heterocycles. The number of carbonyl (C=O) groups is 1. The summed E-state index contributed by atoms with van der Waals surface area (Å²) in [5.74, 6) is 0.643. The zero-order chi connectivity index (χ0) is 21.1. The zero-order valence-corrected chi connectivity index (χ0v) is 18.8. The number of carbonyl (C=O) groups excluding carboxylic acids is 1. The Hall–Kier alpha value is -2.19. The van der Waals surface area contributed by atoms with E-state index < -0.39 is 0 Å². The summed E-state index contributed by atoms with van der Waals surface area (Å²) in [4.78, 5) is 29.2. The molecule has 3 aromatic rings. The Morgan fingerprint density at radius 3 is 2.57 bits per heavy atom. The first-order valence-electron chi connectivity index (χ1n) is 11.1. The molecule has 1 aliphatic heterocycles. The minimum absolute atomic E-state index is 0.0403. The van der Waals surface area contributed by atoms with E-state index in [1.54, 1.807) is 11.3 Å². The maximum Gasteiger partial charge on any atom is 0.291 e. The Morgan fingerprint density at radius 2 is 1.87 bits per heavy atom. The van der Waals surface area contributed by atoms with Gasteiger partial charge < -0.3 is 10.2 Å². The normalized spacial score (nSPS) is 15.7. The molecule has 0 unspecified atom stereocenters. The van der Waals surface area contributed by atoms with Crippen LogP contribution in [0, 0.1) is 0 Å². The van der Waals surface area contributed by atoms with E-state index in [0.717, 1.165) is 42.1 Å². The molecule has 1 fully saturated rings. The topological polar surface area (TPSA) is 71.6 Å². The molecule has 30 heavy (non-hydrogen) atoms. The highest BCUT2D eigenvalue weighted by molar-refractivity contribution is 7.19. The van der Waals surface area contributed by atoms with Crippen LogP contribution >= 0.6 is 11.3 Å². The fourth-order valence-corrected chi connectivity index (χ4v) is 5.28. The Bertz CT molecular complexity index is 1090. The standard InChI is InChI=1S/C22H31N5O2S/c1-3-16-13-17-19(30-16)14-18-22(29)26(24-20(4-2)27(17)18)15-21(28)23-9-12-25-10-7-5-6-8-11-25/h13-14H,3-12,15H2,1-2H3,(H,23,28). The predicted octanol–water partition coefficient (Wildman–Crippen LogP) is 2.83. The molecule has 0 bridgehead atoms. The lowest BCUT2D eigenvalue weighted by molar-refractivity contribution is -0.121. The second-order valence-electron chi connectivity index (χ2n) is 8.02. The van der Waals surface area contributed by atoms with Crippen LogP contribution in [-0.4, -0.2) is 51.2 Å². The number of likely N-dealkylation sites (tertiary alicyclic amines) is 1. The van der Waals surface area contributed by atoms with E-state index >= 15 is 0 Å². The van der Waals surface area contributed by atoms with Crippen LogP contribution in [0.15, 0.2) is 16.9 Å². The molecule has 0 atom stereocenters. The van der Waals surface area contributed by atoms with Gasteiger partial charge in [-0.3, -0.25) is 14.0 Å². The van der Waals surface area contributed by atoms with Gasteiger partial charge in [-0.05, 0) is 44.5 Å². The Kier molecular flexibility index (Phi) is 6.53. The van der Waals surface area contributed by atoms with Gasteiger partial charge in [0.25, 0.3) is 5.56 Å². The van der Waals surface area contributed by atoms with Crippen molar-refractivity contribution in [3.8, 4) is 0 Å². The molecule has 1 aliphatic rings. The number of fused-ring (bicyclic) bond motifs is 3. The van der Waals surface area contributed by atoms with Gasteiger partial charge in [0.15, 0.2) is 0 Å². The van der Waals surface area contributed by atoms with Crippen molar-refractivity contribution in [3.63, 3.8) is 0 Å². The van der Waals surface area contributed by atoms with Gasteiger partial charge in [0, 0.05) is 24.4 Å². The maximum atomic E-state index is 13.0. The van der Waals surface area contributed by atoms with Crippen molar-refractivity contribution >= 4 is 33.0 Å². The monoisotopic (exact) mass is 429 g/mol. The first-order chi connectivity index (χ1) is 14.6. The molecule has 7 nitrogen and oxygen atoms in total. The van der Waals surface area contributed by atoms with Crippen LogP contribution in [0.25, 0.3) is 15.7 Å². The van der Waals surface area contributed by atoms with Crippen LogP contribution in [0.5, 0.6) is 0 Å². The number of aromatic nitrogens is 3. The quantitative estimate of drug-likeness (QED) is 0.627. The number of amides is 1. The Morgan fingerprint density at radius 1 is 1.10 bits per heavy atom. The number of nitrogens with one attached hydrogen (secondary N) is 1. The molecule has 0 saturated carbocycles. The molecular weight excluding hydrogens is 398 g/mol. The molecule has 0 radical (unpaired) electrons. The lowest BCUT2D eigenvalue weighted by Crippen LogP contribution is -2.39. The summed E-state index contributed by atoms with van der Waals surface area (Å²) in [7, 11) is 0. The summed E-state index contributed by atoms with van der Waals surface area (Å²) in [6.07, 6.45) is 6.75. The Balaban J connectivity index is 1.49. The van der Waals surface area contributed by atoms with Gasteiger partial charge in [-0.15, -0.1) is 11.3 Å². The number of thiophene rings is 1. The molecule has 4 heterocycles. The third kappa shape index (κ3) is 4.30. The molecule has 162 valence electrons. The molecule has 8 heteroatoms. The van der Waals surface area contributed by atoms with Crippen molar-refractivity contribution in [1.82, 2.24) is 24.4 Å². The highest BCUT2D eigenvalue weighted by Crippen LogP contribution is 2.29. The van der Waals surface area contributed by atoms with Gasteiger partial charge in [-0.2, -0.15) is 5.10 Å². The molecule has 1 amide bonds. The zero-order valence-electron chi connectivity index (χ0n) is 17.9. The van der Waals surface area contributed by atoms with E-state index in [-0.39, 0.29) is 18.0 Å². The molecular formula is C22H31N5O2S. The van der Waals surface area contributed by atoms with Crippen LogP contribution < -0.4 is 10.9 Å². The molecule has 3 aromatic heterocycles.